The van der Waals surface area contributed by atoms with E-state index in [-0.39, 0.29) is 25.4 Å². The third-order valence-electron chi connectivity index (χ3n) is 4.80. The Morgan fingerprint density at radius 2 is 1.96 bits per heavy atom. The van der Waals surface area contributed by atoms with Crippen LogP contribution in [0.15, 0.2) is 24.4 Å². The summed E-state index contributed by atoms with van der Waals surface area (Å²) in [5.41, 5.74) is 0.654. The van der Waals surface area contributed by atoms with E-state index in [4.69, 9.17) is 9.47 Å². The van der Waals surface area contributed by atoms with Gasteiger partial charge in [-0.3, -0.25) is 9.78 Å². The topological polar surface area (TPSA) is 89.0 Å². The summed E-state index contributed by atoms with van der Waals surface area (Å²) in [7, 11) is -3.43. The van der Waals surface area contributed by atoms with E-state index in [2.05, 4.69) is 4.98 Å². The van der Waals surface area contributed by atoms with Crippen molar-refractivity contribution in [2.24, 2.45) is 0 Å². The van der Waals surface area contributed by atoms with Gasteiger partial charge in [0, 0.05) is 45.1 Å². The number of likely N-dealkylation sites (tertiary alicyclic amines) is 1. The fourth-order valence-electron chi connectivity index (χ4n) is 3.30. The van der Waals surface area contributed by atoms with Crippen molar-refractivity contribution in [3.05, 3.63) is 30.1 Å². The van der Waals surface area contributed by atoms with Gasteiger partial charge in [0.05, 0.1) is 31.7 Å². The maximum Gasteiger partial charge on any atom is 0.223 e. The Balaban J connectivity index is 1.53. The third-order valence-corrected chi connectivity index (χ3v) is 6.05. The molecular weight excluding hydrogens is 358 g/mol. The van der Waals surface area contributed by atoms with Crippen molar-refractivity contribution in [2.45, 2.75) is 31.6 Å². The lowest BCUT2D eigenvalue weighted by molar-refractivity contribution is -0.187. The fourth-order valence-corrected chi connectivity index (χ4v) is 4.09. The van der Waals surface area contributed by atoms with Crippen LogP contribution in [0.25, 0.3) is 0 Å². The maximum absolute atomic E-state index is 12.5. The van der Waals surface area contributed by atoms with Gasteiger partial charge in [-0.2, -0.15) is 4.31 Å². The number of carbonyl (C=O) groups is 1. The van der Waals surface area contributed by atoms with Gasteiger partial charge in [0.15, 0.2) is 5.79 Å². The molecule has 9 heteroatoms. The third kappa shape index (κ3) is 4.79. The van der Waals surface area contributed by atoms with Gasteiger partial charge in [0.2, 0.25) is 15.9 Å². The summed E-state index contributed by atoms with van der Waals surface area (Å²) >= 11 is 0. The van der Waals surface area contributed by atoms with Crippen LogP contribution < -0.4 is 0 Å². The molecule has 0 aliphatic carbocycles. The zero-order valence-electron chi connectivity index (χ0n) is 15.0. The Bertz CT molecular complexity index is 709. The largest absolute Gasteiger partial charge is 0.347 e. The molecule has 0 bridgehead atoms. The van der Waals surface area contributed by atoms with Crippen LogP contribution in [0, 0.1) is 0 Å². The zero-order chi connectivity index (χ0) is 18.6. The highest BCUT2D eigenvalue weighted by atomic mass is 32.2. The number of nitrogens with zero attached hydrogens (tertiary/aromatic N) is 3. The number of pyridine rings is 1. The monoisotopic (exact) mass is 383 g/mol. The van der Waals surface area contributed by atoms with E-state index in [1.54, 1.807) is 23.2 Å². The molecule has 2 aliphatic rings. The standard InChI is InChI=1S/C17H25N3O5S/c1-26(22,23)20(14-15-4-2-3-8-18-15)9-5-16(21)19-10-6-17(7-11-19)24-12-13-25-17/h2-4,8H,5-7,9-14H2,1H3. The average molecular weight is 383 g/mol. The number of carbonyl (C=O) groups excluding carboxylic acids is 1. The zero-order valence-corrected chi connectivity index (χ0v) is 15.8. The second-order valence-corrected chi connectivity index (χ2v) is 8.64. The minimum absolute atomic E-state index is 0.0486. The summed E-state index contributed by atoms with van der Waals surface area (Å²) in [6, 6.07) is 5.36. The van der Waals surface area contributed by atoms with Crippen molar-refractivity contribution in [3.8, 4) is 0 Å². The molecular formula is C17H25N3O5S. The maximum atomic E-state index is 12.5. The quantitative estimate of drug-likeness (QED) is 0.715. The Morgan fingerprint density at radius 1 is 1.27 bits per heavy atom. The lowest BCUT2D eigenvalue weighted by Gasteiger charge is -2.37. The van der Waals surface area contributed by atoms with Gasteiger partial charge in [-0.05, 0) is 12.1 Å². The molecule has 0 radical (unpaired) electrons. The highest BCUT2D eigenvalue weighted by Crippen LogP contribution is 2.31. The van der Waals surface area contributed by atoms with Crippen molar-refractivity contribution in [1.82, 2.24) is 14.2 Å². The molecule has 3 rings (SSSR count). The van der Waals surface area contributed by atoms with Crippen LogP contribution in [0.3, 0.4) is 0 Å². The molecule has 3 heterocycles. The number of hydrogen-bond acceptors (Lipinski definition) is 6. The molecule has 2 aliphatic heterocycles. The van der Waals surface area contributed by atoms with Crippen molar-refractivity contribution in [3.63, 3.8) is 0 Å². The van der Waals surface area contributed by atoms with Crippen LogP contribution >= 0.6 is 0 Å². The van der Waals surface area contributed by atoms with Crippen LogP contribution in [0.1, 0.15) is 25.0 Å². The first kappa shape index (κ1) is 19.2. The number of ether oxygens (including phenoxy) is 2. The van der Waals surface area contributed by atoms with Crippen molar-refractivity contribution < 1.29 is 22.7 Å². The number of sulfonamides is 1. The van der Waals surface area contributed by atoms with Gasteiger partial charge in [-0.15, -0.1) is 0 Å². The minimum atomic E-state index is -3.43. The molecule has 1 spiro atoms. The van der Waals surface area contributed by atoms with Crippen LogP contribution in [-0.2, 0) is 30.8 Å². The number of piperidine rings is 1. The normalized spacial score (nSPS) is 20.0. The second-order valence-electron chi connectivity index (χ2n) is 6.66. The minimum Gasteiger partial charge on any atom is -0.347 e. The average Bonchev–Trinajstić information content (AvgIpc) is 3.07. The SMILES string of the molecule is CS(=O)(=O)N(CCC(=O)N1CCC2(CC1)OCCO2)Cc1ccccn1. The molecule has 26 heavy (non-hydrogen) atoms. The highest BCUT2D eigenvalue weighted by Gasteiger charge is 2.40. The second kappa shape index (κ2) is 7.99. The van der Waals surface area contributed by atoms with Gasteiger partial charge < -0.3 is 14.4 Å². The first-order valence-corrected chi connectivity index (χ1v) is 10.6. The van der Waals surface area contributed by atoms with Crippen LogP contribution in [0.4, 0.5) is 0 Å². The van der Waals surface area contributed by atoms with Crippen LogP contribution in [0.5, 0.6) is 0 Å². The van der Waals surface area contributed by atoms with Gasteiger partial charge >= 0.3 is 0 Å². The predicted octanol–water partition coefficient (Wildman–Crippen LogP) is 0.599. The molecule has 8 nitrogen and oxygen atoms in total. The summed E-state index contributed by atoms with van der Waals surface area (Å²) in [4.78, 5) is 18.4. The Labute approximate surface area is 154 Å². The molecule has 144 valence electrons. The summed E-state index contributed by atoms with van der Waals surface area (Å²) in [6.07, 6.45) is 4.23. The van der Waals surface area contributed by atoms with Crippen molar-refractivity contribution >= 4 is 15.9 Å². The summed E-state index contributed by atoms with van der Waals surface area (Å²) in [6.45, 7) is 2.64. The smallest absolute Gasteiger partial charge is 0.223 e. The van der Waals surface area contributed by atoms with E-state index in [1.807, 2.05) is 6.07 Å². The summed E-state index contributed by atoms with van der Waals surface area (Å²) in [5, 5.41) is 0. The molecule has 0 N–H and O–H groups in total. The molecule has 0 aromatic carbocycles. The van der Waals surface area contributed by atoms with Gasteiger partial charge in [-0.1, -0.05) is 6.07 Å². The van der Waals surface area contributed by atoms with E-state index < -0.39 is 15.8 Å². The van der Waals surface area contributed by atoms with E-state index in [1.165, 1.54) is 4.31 Å². The van der Waals surface area contributed by atoms with E-state index in [0.29, 0.717) is 44.8 Å². The number of aromatic nitrogens is 1. The van der Waals surface area contributed by atoms with E-state index >= 15 is 0 Å². The van der Waals surface area contributed by atoms with E-state index in [9.17, 15) is 13.2 Å². The van der Waals surface area contributed by atoms with Crippen LogP contribution in [-0.4, -0.2) is 73.4 Å². The molecule has 1 aromatic rings. The summed E-state index contributed by atoms with van der Waals surface area (Å²) < 4.78 is 36.7. The Hall–Kier alpha value is -1.55. The Kier molecular flexibility index (Phi) is 5.91. The number of amides is 1. The Morgan fingerprint density at radius 3 is 2.54 bits per heavy atom. The highest BCUT2D eigenvalue weighted by molar-refractivity contribution is 7.88. The molecule has 1 aromatic heterocycles. The molecule has 2 fully saturated rings. The van der Waals surface area contributed by atoms with E-state index in [0.717, 1.165) is 6.26 Å². The molecule has 2 saturated heterocycles. The summed E-state index contributed by atoms with van der Waals surface area (Å²) in [5.74, 6) is -0.568. The molecule has 0 saturated carbocycles. The van der Waals surface area contributed by atoms with Crippen molar-refractivity contribution in [2.75, 3.05) is 39.1 Å². The first-order chi connectivity index (χ1) is 12.4. The predicted molar refractivity (Wildman–Crippen MR) is 94.6 cm³/mol. The first-order valence-electron chi connectivity index (χ1n) is 8.79. The molecule has 0 atom stereocenters. The fraction of sp³-hybridized carbons (Fsp3) is 0.647. The lowest BCUT2D eigenvalue weighted by Crippen LogP contribution is -2.47. The van der Waals surface area contributed by atoms with Gasteiger partial charge in [0.1, 0.15) is 0 Å². The molecule has 0 unspecified atom stereocenters. The van der Waals surface area contributed by atoms with Gasteiger partial charge in [0.25, 0.3) is 0 Å². The number of rotatable bonds is 6. The lowest BCUT2D eigenvalue weighted by atomic mass is 10.0. The molecule has 1 amide bonds. The number of hydrogen-bond donors (Lipinski definition) is 0. The van der Waals surface area contributed by atoms with Crippen molar-refractivity contribution in [1.29, 1.82) is 0 Å². The van der Waals surface area contributed by atoms with Gasteiger partial charge in [-0.25, -0.2) is 8.42 Å². The van der Waals surface area contributed by atoms with Crippen LogP contribution in [0.2, 0.25) is 0 Å².